The Labute approximate surface area is 140 Å². The normalized spacial score (nSPS) is 14.3. The third-order valence-corrected chi connectivity index (χ3v) is 4.19. The Hall–Kier alpha value is -2.84. The van der Waals surface area contributed by atoms with Gasteiger partial charge in [0.15, 0.2) is 5.69 Å². The highest BCUT2D eigenvalue weighted by molar-refractivity contribution is 5.96. The van der Waals surface area contributed by atoms with Gasteiger partial charge in [-0.2, -0.15) is 18.3 Å². The SMILES string of the molecule is Cn1nc(C(=O)O)c2c1CCN(C(=O)c1ccccc1C(F)(F)F)C2. The zero-order chi connectivity index (χ0) is 18.4. The van der Waals surface area contributed by atoms with Crippen molar-refractivity contribution in [2.45, 2.75) is 19.1 Å². The van der Waals surface area contributed by atoms with Gasteiger partial charge in [0.05, 0.1) is 17.7 Å². The predicted octanol–water partition coefficient (Wildman–Crippen LogP) is 2.34. The number of carboxylic acid groups (broad SMARTS) is 1. The van der Waals surface area contributed by atoms with Crippen molar-refractivity contribution in [1.82, 2.24) is 14.7 Å². The van der Waals surface area contributed by atoms with Crippen molar-refractivity contribution >= 4 is 11.9 Å². The first-order chi connectivity index (χ1) is 11.7. The van der Waals surface area contributed by atoms with Crippen molar-refractivity contribution in [3.63, 3.8) is 0 Å². The van der Waals surface area contributed by atoms with Crippen molar-refractivity contribution in [3.05, 3.63) is 52.3 Å². The molecule has 0 aliphatic carbocycles. The summed E-state index contributed by atoms with van der Waals surface area (Å²) in [6.45, 7) is 0.104. The number of halogens is 3. The van der Waals surface area contributed by atoms with Gasteiger partial charge in [-0.05, 0) is 12.1 Å². The number of fused-ring (bicyclic) bond motifs is 1. The molecule has 1 N–H and O–H groups in total. The van der Waals surface area contributed by atoms with E-state index >= 15 is 0 Å². The fourth-order valence-electron chi connectivity index (χ4n) is 3.02. The van der Waals surface area contributed by atoms with Crippen molar-refractivity contribution in [3.8, 4) is 0 Å². The Morgan fingerprint density at radius 1 is 1.24 bits per heavy atom. The molecule has 6 nitrogen and oxygen atoms in total. The van der Waals surface area contributed by atoms with Crippen LogP contribution in [0.25, 0.3) is 0 Å². The van der Waals surface area contributed by atoms with Gasteiger partial charge < -0.3 is 10.0 Å². The lowest BCUT2D eigenvalue weighted by atomic mass is 10.0. The van der Waals surface area contributed by atoms with Crippen LogP contribution in [0.3, 0.4) is 0 Å². The second-order valence-corrected chi connectivity index (χ2v) is 5.72. The Morgan fingerprint density at radius 3 is 2.56 bits per heavy atom. The molecule has 1 aromatic heterocycles. The number of alkyl halides is 3. The molecule has 0 saturated carbocycles. The molecule has 1 aliphatic heterocycles. The van der Waals surface area contributed by atoms with Crippen molar-refractivity contribution in [1.29, 1.82) is 0 Å². The van der Waals surface area contributed by atoms with Crippen LogP contribution in [-0.2, 0) is 26.2 Å². The number of amides is 1. The monoisotopic (exact) mass is 353 g/mol. The predicted molar refractivity (Wildman–Crippen MR) is 80.1 cm³/mol. The number of carboxylic acids is 1. The summed E-state index contributed by atoms with van der Waals surface area (Å²) in [4.78, 5) is 25.1. The van der Waals surface area contributed by atoms with E-state index in [0.717, 1.165) is 12.1 Å². The summed E-state index contributed by atoms with van der Waals surface area (Å²) in [6.07, 6.45) is -4.32. The molecule has 1 aromatic carbocycles. The van der Waals surface area contributed by atoms with E-state index in [0.29, 0.717) is 17.7 Å². The Balaban J connectivity index is 1.96. The van der Waals surface area contributed by atoms with Gasteiger partial charge in [0.25, 0.3) is 5.91 Å². The highest BCUT2D eigenvalue weighted by Crippen LogP contribution is 2.33. The minimum Gasteiger partial charge on any atom is -0.476 e. The van der Waals surface area contributed by atoms with E-state index in [1.807, 2.05) is 0 Å². The molecule has 0 spiro atoms. The van der Waals surface area contributed by atoms with Gasteiger partial charge in [-0.3, -0.25) is 9.48 Å². The molecule has 9 heteroatoms. The van der Waals surface area contributed by atoms with Crippen molar-refractivity contribution in [2.75, 3.05) is 6.54 Å². The van der Waals surface area contributed by atoms with Crippen LogP contribution in [0.5, 0.6) is 0 Å². The number of benzene rings is 1. The lowest BCUT2D eigenvalue weighted by Gasteiger charge is -2.28. The van der Waals surface area contributed by atoms with E-state index in [1.54, 1.807) is 7.05 Å². The average molecular weight is 353 g/mol. The summed E-state index contributed by atoms with van der Waals surface area (Å²) in [7, 11) is 1.60. The van der Waals surface area contributed by atoms with Crippen LogP contribution < -0.4 is 0 Å². The van der Waals surface area contributed by atoms with E-state index in [9.17, 15) is 27.9 Å². The summed E-state index contributed by atoms with van der Waals surface area (Å²) in [5.41, 5.74) is -0.599. The number of hydrogen-bond acceptors (Lipinski definition) is 3. The number of nitrogens with zero attached hydrogens (tertiary/aromatic N) is 3. The topological polar surface area (TPSA) is 75.4 Å². The molecule has 1 amide bonds. The van der Waals surface area contributed by atoms with Crippen LogP contribution in [-0.4, -0.2) is 38.2 Å². The number of aromatic carboxylic acids is 1. The summed E-state index contributed by atoms with van der Waals surface area (Å²) in [5.74, 6) is -2.01. The van der Waals surface area contributed by atoms with Gasteiger partial charge >= 0.3 is 12.1 Å². The molecule has 2 aromatic rings. The molecule has 132 valence electrons. The first-order valence-corrected chi connectivity index (χ1v) is 7.43. The minimum atomic E-state index is -4.65. The Kier molecular flexibility index (Phi) is 4.02. The lowest BCUT2D eigenvalue weighted by Crippen LogP contribution is -2.37. The smallest absolute Gasteiger partial charge is 0.417 e. The van der Waals surface area contributed by atoms with E-state index in [-0.39, 0.29) is 18.8 Å². The van der Waals surface area contributed by atoms with Gasteiger partial charge in [-0.1, -0.05) is 12.1 Å². The van der Waals surface area contributed by atoms with Gasteiger partial charge in [-0.15, -0.1) is 0 Å². The minimum absolute atomic E-state index is 0.0875. The second-order valence-electron chi connectivity index (χ2n) is 5.72. The van der Waals surface area contributed by atoms with Gasteiger partial charge in [0, 0.05) is 31.3 Å². The van der Waals surface area contributed by atoms with E-state index in [2.05, 4.69) is 5.10 Å². The molecule has 0 saturated heterocycles. The summed E-state index contributed by atoms with van der Waals surface area (Å²) >= 11 is 0. The maximum atomic E-state index is 13.1. The van der Waals surface area contributed by atoms with Gasteiger partial charge in [0.1, 0.15) is 0 Å². The largest absolute Gasteiger partial charge is 0.476 e. The number of carbonyl (C=O) groups excluding carboxylic acids is 1. The van der Waals surface area contributed by atoms with Crippen molar-refractivity contribution in [2.24, 2.45) is 7.05 Å². The molecular formula is C16H14F3N3O3. The van der Waals surface area contributed by atoms with Gasteiger partial charge in [-0.25, -0.2) is 4.79 Å². The Bertz CT molecular complexity index is 858. The molecule has 0 atom stereocenters. The number of rotatable bonds is 2. The zero-order valence-corrected chi connectivity index (χ0v) is 13.2. The molecule has 3 rings (SSSR count). The molecule has 0 radical (unpaired) electrons. The third-order valence-electron chi connectivity index (χ3n) is 4.19. The fourth-order valence-corrected chi connectivity index (χ4v) is 3.02. The molecule has 25 heavy (non-hydrogen) atoms. The standard InChI is InChI=1S/C16H14F3N3O3/c1-21-12-6-7-22(8-10(12)13(20-21)15(24)25)14(23)9-4-2-3-5-11(9)16(17,18)19/h2-5H,6-8H2,1H3,(H,24,25). The maximum Gasteiger partial charge on any atom is 0.417 e. The molecular weight excluding hydrogens is 339 g/mol. The number of aryl methyl sites for hydroxylation is 1. The van der Waals surface area contributed by atoms with Crippen LogP contribution in [0, 0.1) is 0 Å². The molecule has 2 heterocycles. The van der Waals surface area contributed by atoms with Crippen LogP contribution in [0.4, 0.5) is 13.2 Å². The average Bonchev–Trinajstić information content (AvgIpc) is 2.90. The van der Waals surface area contributed by atoms with Crippen molar-refractivity contribution < 1.29 is 27.9 Å². The number of hydrogen-bond donors (Lipinski definition) is 1. The first-order valence-electron chi connectivity index (χ1n) is 7.43. The highest BCUT2D eigenvalue weighted by Gasteiger charge is 2.37. The van der Waals surface area contributed by atoms with Gasteiger partial charge in [0.2, 0.25) is 0 Å². The van der Waals surface area contributed by atoms with Crippen LogP contribution in [0.15, 0.2) is 24.3 Å². The van der Waals surface area contributed by atoms with Crippen LogP contribution >= 0.6 is 0 Å². The second kappa shape index (κ2) is 5.91. The van der Waals surface area contributed by atoms with E-state index in [1.165, 1.54) is 21.7 Å². The summed E-state index contributed by atoms with van der Waals surface area (Å²) in [6, 6.07) is 4.57. The third kappa shape index (κ3) is 2.97. The first kappa shape index (κ1) is 17.0. The van der Waals surface area contributed by atoms with E-state index < -0.39 is 29.2 Å². The fraction of sp³-hybridized carbons (Fsp3) is 0.312. The number of aromatic nitrogens is 2. The number of carbonyl (C=O) groups is 2. The summed E-state index contributed by atoms with van der Waals surface area (Å²) in [5, 5.41) is 13.1. The zero-order valence-electron chi connectivity index (χ0n) is 13.2. The van der Waals surface area contributed by atoms with Crippen LogP contribution in [0.1, 0.15) is 37.7 Å². The molecule has 0 unspecified atom stereocenters. The highest BCUT2D eigenvalue weighted by atomic mass is 19.4. The van der Waals surface area contributed by atoms with Crippen LogP contribution in [0.2, 0.25) is 0 Å². The quantitative estimate of drug-likeness (QED) is 0.899. The molecule has 0 fully saturated rings. The molecule has 0 bridgehead atoms. The summed E-state index contributed by atoms with van der Waals surface area (Å²) < 4.78 is 40.8. The lowest BCUT2D eigenvalue weighted by molar-refractivity contribution is -0.138. The molecule has 1 aliphatic rings. The maximum absolute atomic E-state index is 13.1. The van der Waals surface area contributed by atoms with E-state index in [4.69, 9.17) is 0 Å². The Morgan fingerprint density at radius 2 is 1.92 bits per heavy atom.